The zero-order chi connectivity index (χ0) is 21.8. The van der Waals surface area contributed by atoms with Gasteiger partial charge in [0, 0.05) is 12.1 Å². The molecule has 1 fully saturated rings. The number of nitrogens with zero attached hydrogens (tertiary/aromatic N) is 1. The van der Waals surface area contributed by atoms with Crippen molar-refractivity contribution in [2.24, 2.45) is 0 Å². The zero-order valence-electron chi connectivity index (χ0n) is 17.2. The van der Waals surface area contributed by atoms with Crippen molar-refractivity contribution in [2.45, 2.75) is 57.7 Å². The van der Waals surface area contributed by atoms with Gasteiger partial charge in [0.2, 0.25) is 5.91 Å². The van der Waals surface area contributed by atoms with E-state index in [1.807, 2.05) is 0 Å². The monoisotopic (exact) mass is 406 g/mol. The minimum absolute atomic E-state index is 0.165. The first-order valence-corrected chi connectivity index (χ1v) is 9.36. The summed E-state index contributed by atoms with van der Waals surface area (Å²) in [7, 11) is 1.24. The van der Waals surface area contributed by atoms with Crippen LogP contribution in [0.3, 0.4) is 0 Å². The maximum absolute atomic E-state index is 14.4. The zero-order valence-corrected chi connectivity index (χ0v) is 17.2. The van der Waals surface area contributed by atoms with E-state index in [1.165, 1.54) is 24.1 Å². The number of alkyl carbamates (subject to hydrolysis) is 1. The van der Waals surface area contributed by atoms with Crippen molar-refractivity contribution >= 4 is 23.7 Å². The number of halogens is 1. The number of anilines is 1. The van der Waals surface area contributed by atoms with Crippen LogP contribution in [0.25, 0.3) is 0 Å². The number of amides is 2. The average Bonchev–Trinajstić information content (AvgIpc) is 3.00. The molecule has 0 aliphatic carbocycles. The standard InChI is InChI=1S/C21H27FN2O5/c1-6-7-16(23-20(27)29-21(2,3)4)13-10-14(22)12-15(11-13)24-17(19(26)28-5)8-9-18(24)25/h6,10-12,16-17H,1,7-9H2,2-5H3,(H,23,27)/t16?,17-/m1/s1. The van der Waals surface area contributed by atoms with Crippen molar-refractivity contribution in [3.8, 4) is 0 Å². The maximum Gasteiger partial charge on any atom is 0.408 e. The molecular weight excluding hydrogens is 379 g/mol. The summed E-state index contributed by atoms with van der Waals surface area (Å²) in [6.07, 6.45) is 1.71. The van der Waals surface area contributed by atoms with Gasteiger partial charge in [0.25, 0.3) is 0 Å². The number of ether oxygens (including phenoxy) is 2. The minimum Gasteiger partial charge on any atom is -0.467 e. The smallest absolute Gasteiger partial charge is 0.408 e. The molecule has 0 radical (unpaired) electrons. The number of hydrogen-bond acceptors (Lipinski definition) is 5. The Kier molecular flexibility index (Phi) is 7.00. The molecule has 7 nitrogen and oxygen atoms in total. The van der Waals surface area contributed by atoms with Gasteiger partial charge in [0.1, 0.15) is 17.5 Å². The van der Waals surface area contributed by atoms with Crippen molar-refractivity contribution in [1.29, 1.82) is 0 Å². The van der Waals surface area contributed by atoms with Gasteiger partial charge in [-0.05, 0) is 57.4 Å². The second-order valence-electron chi connectivity index (χ2n) is 7.81. The summed E-state index contributed by atoms with van der Waals surface area (Å²) in [4.78, 5) is 37.8. The Bertz CT molecular complexity index is 803. The van der Waals surface area contributed by atoms with Crippen molar-refractivity contribution < 1.29 is 28.2 Å². The van der Waals surface area contributed by atoms with Crippen LogP contribution in [0.4, 0.5) is 14.9 Å². The Morgan fingerprint density at radius 2 is 2.07 bits per heavy atom. The first-order chi connectivity index (χ1) is 13.6. The fourth-order valence-corrected chi connectivity index (χ4v) is 3.20. The van der Waals surface area contributed by atoms with Crippen LogP contribution >= 0.6 is 0 Å². The van der Waals surface area contributed by atoms with Gasteiger partial charge >= 0.3 is 12.1 Å². The van der Waals surface area contributed by atoms with E-state index in [9.17, 15) is 18.8 Å². The molecule has 1 aromatic rings. The van der Waals surface area contributed by atoms with Crippen LogP contribution < -0.4 is 10.2 Å². The Labute approximate surface area is 169 Å². The number of carbonyl (C=O) groups is 3. The van der Waals surface area contributed by atoms with Crippen LogP contribution in [0, 0.1) is 5.82 Å². The summed E-state index contributed by atoms with van der Waals surface area (Å²) in [5.41, 5.74) is -0.0296. The number of hydrogen-bond donors (Lipinski definition) is 1. The number of methoxy groups -OCH3 is 1. The Morgan fingerprint density at radius 1 is 1.38 bits per heavy atom. The number of carbonyl (C=O) groups excluding carboxylic acids is 3. The molecule has 2 rings (SSSR count). The van der Waals surface area contributed by atoms with Crippen molar-refractivity contribution in [3.63, 3.8) is 0 Å². The summed E-state index contributed by atoms with van der Waals surface area (Å²) in [5.74, 6) is -1.45. The van der Waals surface area contributed by atoms with Gasteiger partial charge in [-0.2, -0.15) is 0 Å². The molecule has 1 N–H and O–H groups in total. The lowest BCUT2D eigenvalue weighted by Gasteiger charge is -2.26. The van der Waals surface area contributed by atoms with Gasteiger partial charge in [-0.25, -0.2) is 14.0 Å². The molecule has 1 aliphatic heterocycles. The number of benzene rings is 1. The molecule has 1 unspecified atom stereocenters. The molecule has 29 heavy (non-hydrogen) atoms. The topological polar surface area (TPSA) is 84.9 Å². The number of esters is 1. The van der Waals surface area contributed by atoms with E-state index in [0.29, 0.717) is 18.4 Å². The fraction of sp³-hybridized carbons (Fsp3) is 0.476. The summed E-state index contributed by atoms with van der Waals surface area (Å²) in [6.45, 7) is 8.89. The van der Waals surface area contributed by atoms with Gasteiger partial charge in [-0.15, -0.1) is 6.58 Å². The van der Waals surface area contributed by atoms with Crippen molar-refractivity contribution in [2.75, 3.05) is 12.0 Å². The molecule has 0 saturated carbocycles. The lowest BCUT2D eigenvalue weighted by Crippen LogP contribution is -2.39. The molecule has 1 heterocycles. The highest BCUT2D eigenvalue weighted by Crippen LogP contribution is 2.31. The highest BCUT2D eigenvalue weighted by atomic mass is 19.1. The highest BCUT2D eigenvalue weighted by molar-refractivity contribution is 6.02. The molecule has 1 aliphatic rings. The molecule has 0 spiro atoms. The third-order valence-corrected chi connectivity index (χ3v) is 4.36. The van der Waals surface area contributed by atoms with Crippen molar-refractivity contribution in [3.05, 3.63) is 42.2 Å². The van der Waals surface area contributed by atoms with E-state index in [1.54, 1.807) is 32.9 Å². The minimum atomic E-state index is -0.807. The van der Waals surface area contributed by atoms with Crippen LogP contribution in [0.15, 0.2) is 30.9 Å². The van der Waals surface area contributed by atoms with E-state index < -0.39 is 35.6 Å². The quantitative estimate of drug-likeness (QED) is 0.576. The van der Waals surface area contributed by atoms with Gasteiger partial charge in [0.15, 0.2) is 0 Å². The predicted molar refractivity (Wildman–Crippen MR) is 106 cm³/mol. The Balaban J connectivity index is 2.36. The van der Waals surface area contributed by atoms with Crippen molar-refractivity contribution in [1.82, 2.24) is 5.32 Å². The fourth-order valence-electron chi connectivity index (χ4n) is 3.20. The number of rotatable bonds is 6. The second-order valence-corrected chi connectivity index (χ2v) is 7.81. The lowest BCUT2D eigenvalue weighted by atomic mass is 10.0. The number of nitrogens with one attached hydrogen (secondary N) is 1. The van der Waals surface area contributed by atoms with Crippen LogP contribution in [-0.2, 0) is 19.1 Å². The summed E-state index contributed by atoms with van der Waals surface area (Å²) < 4.78 is 24.4. The van der Waals surface area contributed by atoms with Crippen LogP contribution in [-0.4, -0.2) is 36.7 Å². The first-order valence-electron chi connectivity index (χ1n) is 9.36. The Morgan fingerprint density at radius 3 is 2.66 bits per heavy atom. The SMILES string of the molecule is C=CCC(NC(=O)OC(C)(C)C)c1cc(F)cc(N2C(=O)CC[C@@H]2C(=O)OC)c1. The molecule has 2 atom stereocenters. The Hall–Kier alpha value is -2.90. The largest absolute Gasteiger partial charge is 0.467 e. The lowest BCUT2D eigenvalue weighted by molar-refractivity contribution is -0.142. The normalized spacial score (nSPS) is 17.6. The molecule has 158 valence electrons. The third-order valence-electron chi connectivity index (χ3n) is 4.36. The van der Waals surface area contributed by atoms with Gasteiger partial charge in [0.05, 0.1) is 13.2 Å². The highest BCUT2D eigenvalue weighted by Gasteiger charge is 2.38. The van der Waals surface area contributed by atoms with Gasteiger partial charge < -0.3 is 14.8 Å². The van der Waals surface area contributed by atoms with E-state index >= 15 is 0 Å². The summed E-state index contributed by atoms with van der Waals surface area (Å²) >= 11 is 0. The molecule has 2 amide bonds. The van der Waals surface area contributed by atoms with Gasteiger partial charge in [-0.3, -0.25) is 9.69 Å². The maximum atomic E-state index is 14.4. The molecule has 1 aromatic carbocycles. The van der Waals surface area contributed by atoms with Gasteiger partial charge in [-0.1, -0.05) is 6.08 Å². The third kappa shape index (κ3) is 5.79. The van der Waals surface area contributed by atoms with Crippen LogP contribution in [0.1, 0.15) is 51.6 Å². The summed E-state index contributed by atoms with van der Waals surface area (Å²) in [5, 5.41) is 2.70. The van der Waals surface area contributed by atoms with E-state index in [-0.39, 0.29) is 18.0 Å². The second kappa shape index (κ2) is 9.07. The molecule has 1 saturated heterocycles. The summed E-state index contributed by atoms with van der Waals surface area (Å²) in [6, 6.07) is 2.60. The van der Waals surface area contributed by atoms with Crippen LogP contribution in [0.2, 0.25) is 0 Å². The van der Waals surface area contributed by atoms with Crippen LogP contribution in [0.5, 0.6) is 0 Å². The average molecular weight is 406 g/mol. The van der Waals surface area contributed by atoms with E-state index in [2.05, 4.69) is 11.9 Å². The molecule has 8 heteroatoms. The first kappa shape index (κ1) is 22.4. The predicted octanol–water partition coefficient (Wildman–Crippen LogP) is 3.64. The molecule has 0 aromatic heterocycles. The van der Waals surface area contributed by atoms with E-state index in [0.717, 1.165) is 0 Å². The molecule has 0 bridgehead atoms. The molecular formula is C21H27FN2O5. The van der Waals surface area contributed by atoms with E-state index in [4.69, 9.17) is 9.47 Å².